The second-order valence-electron chi connectivity index (χ2n) is 9.77. The molecule has 2 aliphatic rings. The van der Waals surface area contributed by atoms with E-state index in [9.17, 15) is 9.59 Å². The van der Waals surface area contributed by atoms with E-state index in [1.54, 1.807) is 4.90 Å². The van der Waals surface area contributed by atoms with Gasteiger partial charge in [-0.1, -0.05) is 60.7 Å². The van der Waals surface area contributed by atoms with E-state index in [0.717, 1.165) is 30.6 Å². The zero-order valence-corrected chi connectivity index (χ0v) is 19.2. The van der Waals surface area contributed by atoms with Crippen molar-refractivity contribution in [3.63, 3.8) is 0 Å². The standard InChI is InChI=1S/C26H33N3O3/c1-26(2,3)32-25(31)29-15-14-28-17-21(16-22(28)18-29)24(30)27-23(19-10-6-4-7-11-19)20-12-8-5-9-13-20/h4-13,21-23H,14-18H2,1-3H3,(H,27,30). The highest BCUT2D eigenvalue weighted by molar-refractivity contribution is 5.80. The number of amides is 2. The summed E-state index contributed by atoms with van der Waals surface area (Å²) in [4.78, 5) is 29.9. The predicted octanol–water partition coefficient (Wildman–Crippen LogP) is 3.83. The number of hydrogen-bond donors (Lipinski definition) is 1. The van der Waals surface area contributed by atoms with Crippen molar-refractivity contribution in [1.29, 1.82) is 0 Å². The summed E-state index contributed by atoms with van der Waals surface area (Å²) >= 11 is 0. The normalized spacial score (nSPS) is 21.3. The first-order chi connectivity index (χ1) is 15.3. The fourth-order valence-corrected chi connectivity index (χ4v) is 4.64. The molecule has 2 unspecified atom stereocenters. The van der Waals surface area contributed by atoms with Gasteiger partial charge in [0, 0.05) is 32.2 Å². The van der Waals surface area contributed by atoms with Gasteiger partial charge in [-0.15, -0.1) is 0 Å². The minimum absolute atomic E-state index is 0.0703. The molecule has 170 valence electrons. The molecule has 2 aromatic carbocycles. The molecule has 0 aromatic heterocycles. The van der Waals surface area contributed by atoms with Gasteiger partial charge in [0.1, 0.15) is 5.60 Å². The number of benzene rings is 2. The molecule has 2 saturated heterocycles. The zero-order valence-electron chi connectivity index (χ0n) is 19.2. The van der Waals surface area contributed by atoms with Crippen LogP contribution in [0.5, 0.6) is 0 Å². The van der Waals surface area contributed by atoms with Crippen LogP contribution in [0.1, 0.15) is 44.4 Å². The maximum Gasteiger partial charge on any atom is 0.410 e. The number of carbonyl (C=O) groups excluding carboxylic acids is 2. The van der Waals surface area contributed by atoms with Crippen LogP contribution in [-0.2, 0) is 9.53 Å². The Morgan fingerprint density at radius 1 is 0.938 bits per heavy atom. The number of fused-ring (bicyclic) bond motifs is 1. The minimum atomic E-state index is -0.504. The zero-order chi connectivity index (χ0) is 22.7. The number of carbonyl (C=O) groups is 2. The van der Waals surface area contributed by atoms with Crippen molar-refractivity contribution in [3.8, 4) is 0 Å². The van der Waals surface area contributed by atoms with Crippen LogP contribution in [0, 0.1) is 5.92 Å². The Kier molecular flexibility index (Phi) is 6.51. The van der Waals surface area contributed by atoms with Crippen LogP contribution in [0.3, 0.4) is 0 Å². The predicted molar refractivity (Wildman–Crippen MR) is 124 cm³/mol. The van der Waals surface area contributed by atoms with Crippen molar-refractivity contribution < 1.29 is 14.3 Å². The van der Waals surface area contributed by atoms with E-state index < -0.39 is 5.60 Å². The van der Waals surface area contributed by atoms with Crippen LogP contribution in [-0.4, -0.2) is 59.6 Å². The van der Waals surface area contributed by atoms with Crippen molar-refractivity contribution in [3.05, 3.63) is 71.8 Å². The fraction of sp³-hybridized carbons (Fsp3) is 0.462. The molecule has 0 radical (unpaired) electrons. The van der Waals surface area contributed by atoms with Crippen LogP contribution in [0.25, 0.3) is 0 Å². The summed E-state index contributed by atoms with van der Waals surface area (Å²) in [6.07, 6.45) is 0.486. The SMILES string of the molecule is CC(C)(C)OC(=O)N1CCN2CC(C(=O)NC(c3ccccc3)c3ccccc3)CC2C1. The van der Waals surface area contributed by atoms with Crippen molar-refractivity contribution in [2.45, 2.75) is 44.9 Å². The molecule has 2 fully saturated rings. The number of ether oxygens (including phenoxy) is 1. The number of rotatable bonds is 4. The lowest BCUT2D eigenvalue weighted by Gasteiger charge is -2.37. The largest absolute Gasteiger partial charge is 0.444 e. The molecule has 2 aliphatic heterocycles. The second kappa shape index (κ2) is 9.33. The van der Waals surface area contributed by atoms with Gasteiger partial charge in [-0.3, -0.25) is 9.69 Å². The fourth-order valence-electron chi connectivity index (χ4n) is 4.64. The van der Waals surface area contributed by atoms with E-state index in [4.69, 9.17) is 4.74 Å². The van der Waals surface area contributed by atoms with Gasteiger partial charge < -0.3 is 15.0 Å². The maximum absolute atomic E-state index is 13.3. The molecule has 6 heteroatoms. The first-order valence-corrected chi connectivity index (χ1v) is 11.4. The highest BCUT2D eigenvalue weighted by Gasteiger charge is 2.41. The van der Waals surface area contributed by atoms with Crippen LogP contribution in [0.4, 0.5) is 4.79 Å². The Hall–Kier alpha value is -2.86. The third-order valence-electron chi connectivity index (χ3n) is 6.19. The molecule has 0 aliphatic carbocycles. The Bertz CT molecular complexity index is 887. The summed E-state index contributed by atoms with van der Waals surface area (Å²) in [5.74, 6) is -0.0190. The van der Waals surface area contributed by atoms with Crippen molar-refractivity contribution >= 4 is 12.0 Å². The Balaban J connectivity index is 1.41. The van der Waals surface area contributed by atoms with Gasteiger partial charge in [-0.2, -0.15) is 0 Å². The summed E-state index contributed by atoms with van der Waals surface area (Å²) in [6, 6.07) is 20.2. The average Bonchev–Trinajstić information content (AvgIpc) is 3.21. The maximum atomic E-state index is 13.3. The van der Waals surface area contributed by atoms with E-state index in [-0.39, 0.29) is 30.0 Å². The molecule has 2 amide bonds. The summed E-state index contributed by atoms with van der Waals surface area (Å²) < 4.78 is 5.54. The molecule has 32 heavy (non-hydrogen) atoms. The molecule has 2 aromatic rings. The van der Waals surface area contributed by atoms with Gasteiger partial charge in [0.05, 0.1) is 12.0 Å². The first kappa shape index (κ1) is 22.3. The second-order valence-corrected chi connectivity index (χ2v) is 9.77. The smallest absolute Gasteiger partial charge is 0.410 e. The third-order valence-corrected chi connectivity index (χ3v) is 6.19. The molecule has 0 spiro atoms. The average molecular weight is 436 g/mol. The number of nitrogens with zero attached hydrogens (tertiary/aromatic N) is 2. The molecular formula is C26H33N3O3. The van der Waals surface area contributed by atoms with Gasteiger partial charge >= 0.3 is 6.09 Å². The van der Waals surface area contributed by atoms with Gasteiger partial charge in [-0.05, 0) is 38.3 Å². The first-order valence-electron chi connectivity index (χ1n) is 11.4. The van der Waals surface area contributed by atoms with Gasteiger partial charge in [0.2, 0.25) is 5.91 Å². The molecule has 2 heterocycles. The van der Waals surface area contributed by atoms with Crippen LogP contribution >= 0.6 is 0 Å². The van der Waals surface area contributed by atoms with E-state index in [1.807, 2.05) is 57.2 Å². The third kappa shape index (κ3) is 5.30. The van der Waals surface area contributed by atoms with Gasteiger partial charge in [-0.25, -0.2) is 4.79 Å². The minimum Gasteiger partial charge on any atom is -0.444 e. The van der Waals surface area contributed by atoms with Crippen LogP contribution < -0.4 is 5.32 Å². The molecule has 1 N–H and O–H groups in total. The monoisotopic (exact) mass is 435 g/mol. The lowest BCUT2D eigenvalue weighted by molar-refractivity contribution is -0.125. The van der Waals surface area contributed by atoms with Crippen molar-refractivity contribution in [2.24, 2.45) is 5.92 Å². The molecule has 0 saturated carbocycles. The number of piperazine rings is 1. The van der Waals surface area contributed by atoms with E-state index in [0.29, 0.717) is 13.1 Å². The van der Waals surface area contributed by atoms with Crippen LogP contribution in [0.2, 0.25) is 0 Å². The Morgan fingerprint density at radius 2 is 1.53 bits per heavy atom. The Morgan fingerprint density at radius 3 is 2.09 bits per heavy atom. The van der Waals surface area contributed by atoms with Gasteiger partial charge in [0.15, 0.2) is 0 Å². The number of nitrogens with one attached hydrogen (secondary N) is 1. The van der Waals surface area contributed by atoms with Crippen LogP contribution in [0.15, 0.2) is 60.7 Å². The van der Waals surface area contributed by atoms with Crippen molar-refractivity contribution in [1.82, 2.24) is 15.1 Å². The molecule has 4 rings (SSSR count). The summed E-state index contributed by atoms with van der Waals surface area (Å²) in [5.41, 5.74) is 1.63. The molecule has 2 atom stereocenters. The topological polar surface area (TPSA) is 61.9 Å². The molecule has 0 bridgehead atoms. The Labute approximate surface area is 190 Å². The highest BCUT2D eigenvalue weighted by Crippen LogP contribution is 2.29. The molecule has 6 nitrogen and oxygen atoms in total. The lowest BCUT2D eigenvalue weighted by atomic mass is 9.97. The molecular weight excluding hydrogens is 402 g/mol. The van der Waals surface area contributed by atoms with E-state index in [2.05, 4.69) is 34.5 Å². The highest BCUT2D eigenvalue weighted by atomic mass is 16.6. The van der Waals surface area contributed by atoms with Crippen molar-refractivity contribution in [2.75, 3.05) is 26.2 Å². The van der Waals surface area contributed by atoms with E-state index in [1.165, 1.54) is 0 Å². The summed E-state index contributed by atoms with van der Waals surface area (Å²) in [5, 5.41) is 3.30. The van der Waals surface area contributed by atoms with Gasteiger partial charge in [0.25, 0.3) is 0 Å². The number of hydrogen-bond acceptors (Lipinski definition) is 4. The lowest BCUT2D eigenvalue weighted by Crippen LogP contribution is -2.53. The summed E-state index contributed by atoms with van der Waals surface area (Å²) in [7, 11) is 0. The summed E-state index contributed by atoms with van der Waals surface area (Å²) in [6.45, 7) is 8.40. The quantitative estimate of drug-likeness (QED) is 0.793. The van der Waals surface area contributed by atoms with E-state index >= 15 is 0 Å².